The molecule has 6 unspecified atom stereocenters. The molecule has 4 fully saturated rings. The molecule has 0 aromatic carbocycles. The summed E-state index contributed by atoms with van der Waals surface area (Å²) in [4.78, 5) is 0. The number of fused-ring (bicyclic) bond motifs is 2. The Hall–Kier alpha value is -0.0400. The highest BCUT2D eigenvalue weighted by Gasteiger charge is 2.70. The van der Waals surface area contributed by atoms with E-state index in [1.54, 1.807) is 0 Å². The van der Waals surface area contributed by atoms with Crippen LogP contribution in [0.25, 0.3) is 0 Å². The highest BCUT2D eigenvalue weighted by atomic mass is 16.3. The van der Waals surface area contributed by atoms with Crippen molar-refractivity contribution in [2.45, 2.75) is 85.2 Å². The summed E-state index contributed by atoms with van der Waals surface area (Å²) >= 11 is 0. The second kappa shape index (κ2) is 3.89. The first-order valence-electron chi connectivity index (χ1n) is 9.33. The number of rotatable bonds is 3. The van der Waals surface area contributed by atoms with E-state index < -0.39 is 0 Å². The lowest BCUT2D eigenvalue weighted by molar-refractivity contribution is 0.0295. The smallest absolute Gasteiger partial charge is 0.0716 e. The average molecular weight is 290 g/mol. The topological polar surface area (TPSA) is 20.2 Å². The van der Waals surface area contributed by atoms with Gasteiger partial charge < -0.3 is 5.11 Å². The molecule has 0 aromatic heterocycles. The molecule has 4 aliphatic rings. The minimum atomic E-state index is -0.296. The fourth-order valence-electron chi connectivity index (χ4n) is 7.02. The second-order valence-electron chi connectivity index (χ2n) is 10.8. The molecule has 0 spiro atoms. The average Bonchev–Trinajstić information content (AvgIpc) is 3.16. The molecule has 1 nitrogen and oxygen atoms in total. The first-order chi connectivity index (χ1) is 9.60. The van der Waals surface area contributed by atoms with Crippen molar-refractivity contribution < 1.29 is 5.11 Å². The van der Waals surface area contributed by atoms with Crippen LogP contribution >= 0.6 is 0 Å². The molecular weight excluding hydrogens is 256 g/mol. The lowest BCUT2D eigenvalue weighted by atomic mass is 9.67. The molecule has 4 rings (SSSR count). The summed E-state index contributed by atoms with van der Waals surface area (Å²) < 4.78 is 0. The molecule has 6 atom stereocenters. The van der Waals surface area contributed by atoms with Crippen LogP contribution in [0.1, 0.15) is 79.6 Å². The second-order valence-corrected chi connectivity index (χ2v) is 10.8. The van der Waals surface area contributed by atoms with Gasteiger partial charge in [-0.3, -0.25) is 0 Å². The van der Waals surface area contributed by atoms with Gasteiger partial charge in [0, 0.05) is 0 Å². The fourth-order valence-corrected chi connectivity index (χ4v) is 7.02. The maximum Gasteiger partial charge on any atom is 0.0716 e. The third-order valence-electron chi connectivity index (χ3n) is 8.31. The molecule has 4 aliphatic carbocycles. The Bertz CT molecular complexity index is 459. The Balaban J connectivity index is 1.50. The van der Waals surface area contributed by atoms with Crippen molar-refractivity contribution in [3.8, 4) is 0 Å². The van der Waals surface area contributed by atoms with E-state index in [-0.39, 0.29) is 11.0 Å². The molecule has 0 aliphatic heterocycles. The summed E-state index contributed by atoms with van der Waals surface area (Å²) in [6, 6.07) is 0. The predicted molar refractivity (Wildman–Crippen MR) is 86.9 cm³/mol. The van der Waals surface area contributed by atoms with E-state index in [0.717, 1.165) is 18.3 Å². The molecule has 4 saturated carbocycles. The van der Waals surface area contributed by atoms with Crippen LogP contribution in [0.5, 0.6) is 0 Å². The molecule has 0 bridgehead atoms. The third kappa shape index (κ3) is 1.85. The van der Waals surface area contributed by atoms with Gasteiger partial charge in [-0.05, 0) is 78.4 Å². The van der Waals surface area contributed by atoms with E-state index in [9.17, 15) is 5.11 Å². The molecule has 0 saturated heterocycles. The van der Waals surface area contributed by atoms with Crippen LogP contribution in [0.15, 0.2) is 0 Å². The van der Waals surface area contributed by atoms with E-state index in [2.05, 4.69) is 34.6 Å². The van der Waals surface area contributed by atoms with E-state index in [1.807, 2.05) is 0 Å². The zero-order valence-electron chi connectivity index (χ0n) is 14.7. The monoisotopic (exact) mass is 290 g/mol. The van der Waals surface area contributed by atoms with Crippen LogP contribution in [0.2, 0.25) is 0 Å². The largest absolute Gasteiger partial charge is 0.389 e. The third-order valence-corrected chi connectivity index (χ3v) is 8.31. The van der Waals surface area contributed by atoms with E-state index in [4.69, 9.17) is 0 Å². The minimum Gasteiger partial charge on any atom is -0.389 e. The lowest BCUT2D eigenvalue weighted by Gasteiger charge is -2.38. The first kappa shape index (κ1) is 14.5. The fraction of sp³-hybridized carbons (Fsp3) is 1.00. The van der Waals surface area contributed by atoms with Crippen molar-refractivity contribution in [3.63, 3.8) is 0 Å². The van der Waals surface area contributed by atoms with Crippen LogP contribution < -0.4 is 0 Å². The van der Waals surface area contributed by atoms with Crippen molar-refractivity contribution in [2.75, 3.05) is 0 Å². The van der Waals surface area contributed by atoms with Gasteiger partial charge in [0.1, 0.15) is 0 Å². The van der Waals surface area contributed by atoms with Crippen LogP contribution in [0.3, 0.4) is 0 Å². The Morgan fingerprint density at radius 3 is 2.29 bits per heavy atom. The van der Waals surface area contributed by atoms with Crippen molar-refractivity contribution in [2.24, 2.45) is 39.9 Å². The molecule has 1 heteroatoms. The van der Waals surface area contributed by atoms with Gasteiger partial charge >= 0.3 is 0 Å². The van der Waals surface area contributed by atoms with Gasteiger partial charge in [-0.25, -0.2) is 0 Å². The molecule has 0 radical (unpaired) electrons. The van der Waals surface area contributed by atoms with Crippen molar-refractivity contribution in [3.05, 3.63) is 0 Å². The maximum absolute atomic E-state index is 11.0. The molecular formula is C20H34O. The van der Waals surface area contributed by atoms with Gasteiger partial charge in [0.2, 0.25) is 0 Å². The van der Waals surface area contributed by atoms with Gasteiger partial charge in [0.25, 0.3) is 0 Å². The van der Waals surface area contributed by atoms with Crippen LogP contribution in [-0.4, -0.2) is 10.7 Å². The number of aliphatic hydroxyl groups is 1. The normalized spacial score (nSPS) is 51.7. The minimum absolute atomic E-state index is 0.260. The Labute approximate surface area is 130 Å². The molecule has 0 amide bonds. The van der Waals surface area contributed by atoms with Gasteiger partial charge in [0.15, 0.2) is 0 Å². The molecule has 21 heavy (non-hydrogen) atoms. The zero-order chi connectivity index (χ0) is 15.3. The van der Waals surface area contributed by atoms with Gasteiger partial charge in [-0.2, -0.15) is 0 Å². The van der Waals surface area contributed by atoms with E-state index in [1.165, 1.54) is 38.5 Å². The Morgan fingerprint density at radius 1 is 1.10 bits per heavy atom. The molecule has 0 aromatic rings. The summed E-state index contributed by atoms with van der Waals surface area (Å²) in [5.74, 6) is 2.97. The molecule has 0 heterocycles. The Morgan fingerprint density at radius 2 is 1.81 bits per heavy atom. The van der Waals surface area contributed by atoms with Gasteiger partial charge in [-0.15, -0.1) is 0 Å². The van der Waals surface area contributed by atoms with Crippen LogP contribution in [0.4, 0.5) is 0 Å². The summed E-state index contributed by atoms with van der Waals surface area (Å²) in [5, 5.41) is 11.0. The molecule has 1 N–H and O–H groups in total. The summed E-state index contributed by atoms with van der Waals surface area (Å²) in [7, 11) is 0. The standard InChI is InChI=1S/C20H34O/c1-17(2,3)16-9-13(15-12-20(15,16)21)10-18(4,5)19-8-6-7-14(19)11-19/h13-16,21H,6-12H2,1-5H3. The Kier molecular flexibility index (Phi) is 2.69. The summed E-state index contributed by atoms with van der Waals surface area (Å²) in [6.45, 7) is 12.1. The highest BCUT2D eigenvalue weighted by molar-refractivity contribution is 5.20. The number of hydrogen-bond donors (Lipinski definition) is 1. The van der Waals surface area contributed by atoms with Gasteiger partial charge in [-0.1, -0.05) is 41.0 Å². The number of hydrogen-bond acceptors (Lipinski definition) is 1. The SMILES string of the molecule is CC(C)(C)C1CC(CC(C)(C)C23CCCC2C3)C2CC21O. The molecule has 120 valence electrons. The highest BCUT2D eigenvalue weighted by Crippen LogP contribution is 2.75. The van der Waals surface area contributed by atoms with Crippen LogP contribution in [0, 0.1) is 39.9 Å². The maximum atomic E-state index is 11.0. The summed E-state index contributed by atoms with van der Waals surface area (Å²) in [6.07, 6.45) is 9.67. The predicted octanol–water partition coefficient (Wildman–Crippen LogP) is 5.03. The zero-order valence-corrected chi connectivity index (χ0v) is 14.7. The lowest BCUT2D eigenvalue weighted by Crippen LogP contribution is -2.32. The first-order valence-corrected chi connectivity index (χ1v) is 9.33. The van der Waals surface area contributed by atoms with E-state index >= 15 is 0 Å². The quantitative estimate of drug-likeness (QED) is 0.773. The van der Waals surface area contributed by atoms with Crippen molar-refractivity contribution in [1.29, 1.82) is 0 Å². The van der Waals surface area contributed by atoms with E-state index in [0.29, 0.717) is 22.7 Å². The summed E-state index contributed by atoms with van der Waals surface area (Å²) in [5.41, 5.74) is 1.15. The van der Waals surface area contributed by atoms with Crippen molar-refractivity contribution in [1.82, 2.24) is 0 Å². The van der Waals surface area contributed by atoms with Gasteiger partial charge in [0.05, 0.1) is 5.60 Å². The van der Waals surface area contributed by atoms with Crippen LogP contribution in [-0.2, 0) is 0 Å². The van der Waals surface area contributed by atoms with Crippen molar-refractivity contribution >= 4 is 0 Å².